The van der Waals surface area contributed by atoms with Crippen molar-refractivity contribution in [1.82, 2.24) is 9.97 Å². The summed E-state index contributed by atoms with van der Waals surface area (Å²) in [7, 11) is 1.32. The van der Waals surface area contributed by atoms with Gasteiger partial charge in [0.05, 0.1) is 19.5 Å². The molecular formula is C9H11N3O2. The van der Waals surface area contributed by atoms with Crippen LogP contribution in [0.4, 0.5) is 5.82 Å². The summed E-state index contributed by atoms with van der Waals surface area (Å²) in [5.41, 5.74) is 0.234. The molecule has 74 valence electrons. The standard InChI is InChI=1S/C9H11N3O2/c1-14-9(13)7-4-10-5-8(12-7)11-6-2-3-6/h4-6H,2-3H2,1H3,(H,11,12). The van der Waals surface area contributed by atoms with Gasteiger partial charge in [-0.05, 0) is 12.8 Å². The Kier molecular flexibility index (Phi) is 2.30. The molecule has 0 atom stereocenters. The molecule has 1 heterocycles. The fourth-order valence-electron chi connectivity index (χ4n) is 1.08. The third-order valence-corrected chi connectivity index (χ3v) is 1.96. The molecule has 0 radical (unpaired) electrons. The molecule has 5 nitrogen and oxygen atoms in total. The van der Waals surface area contributed by atoms with Gasteiger partial charge in [0.1, 0.15) is 5.82 Å². The number of hydrogen-bond donors (Lipinski definition) is 1. The molecule has 0 unspecified atom stereocenters. The van der Waals surface area contributed by atoms with Crippen LogP contribution in [0.15, 0.2) is 12.4 Å². The molecule has 0 aromatic carbocycles. The molecule has 2 rings (SSSR count). The molecule has 1 aromatic rings. The van der Waals surface area contributed by atoms with E-state index in [1.54, 1.807) is 6.20 Å². The summed E-state index contributed by atoms with van der Waals surface area (Å²) in [5.74, 6) is 0.173. The number of ether oxygens (including phenoxy) is 1. The fraction of sp³-hybridized carbons (Fsp3) is 0.444. The van der Waals surface area contributed by atoms with Crippen LogP contribution in [0.3, 0.4) is 0 Å². The highest BCUT2D eigenvalue weighted by Gasteiger charge is 2.21. The second kappa shape index (κ2) is 3.61. The van der Waals surface area contributed by atoms with E-state index in [1.807, 2.05) is 0 Å². The Morgan fingerprint density at radius 3 is 3.00 bits per heavy atom. The first-order valence-corrected chi connectivity index (χ1v) is 4.46. The molecule has 0 saturated heterocycles. The van der Waals surface area contributed by atoms with Crippen LogP contribution in [0.25, 0.3) is 0 Å². The molecule has 1 fully saturated rings. The molecule has 1 N–H and O–H groups in total. The van der Waals surface area contributed by atoms with E-state index in [-0.39, 0.29) is 5.69 Å². The van der Waals surface area contributed by atoms with Gasteiger partial charge >= 0.3 is 5.97 Å². The molecular weight excluding hydrogens is 182 g/mol. The average molecular weight is 193 g/mol. The van der Waals surface area contributed by atoms with E-state index in [2.05, 4.69) is 20.0 Å². The van der Waals surface area contributed by atoms with Crippen molar-refractivity contribution in [3.63, 3.8) is 0 Å². The van der Waals surface area contributed by atoms with Crippen LogP contribution in [0.5, 0.6) is 0 Å². The van der Waals surface area contributed by atoms with Gasteiger partial charge in [-0.1, -0.05) is 0 Å². The molecule has 1 saturated carbocycles. The van der Waals surface area contributed by atoms with Crippen LogP contribution < -0.4 is 5.32 Å². The van der Waals surface area contributed by atoms with Gasteiger partial charge in [-0.2, -0.15) is 0 Å². The summed E-state index contributed by atoms with van der Waals surface area (Å²) in [6, 6.07) is 0.497. The largest absolute Gasteiger partial charge is 0.464 e. The second-order valence-corrected chi connectivity index (χ2v) is 3.20. The van der Waals surface area contributed by atoms with E-state index in [9.17, 15) is 4.79 Å². The predicted octanol–water partition coefficient (Wildman–Crippen LogP) is 0.837. The quantitative estimate of drug-likeness (QED) is 0.720. The SMILES string of the molecule is COC(=O)c1cncc(NC2CC2)n1. The van der Waals surface area contributed by atoms with Crippen LogP contribution in [0.2, 0.25) is 0 Å². The van der Waals surface area contributed by atoms with Gasteiger partial charge in [-0.25, -0.2) is 9.78 Å². The first-order chi connectivity index (χ1) is 6.79. The second-order valence-electron chi connectivity index (χ2n) is 3.20. The molecule has 0 spiro atoms. The van der Waals surface area contributed by atoms with Gasteiger partial charge in [0.15, 0.2) is 5.69 Å². The van der Waals surface area contributed by atoms with Gasteiger partial charge in [0.25, 0.3) is 0 Å². The Morgan fingerprint density at radius 1 is 1.57 bits per heavy atom. The van der Waals surface area contributed by atoms with Crippen molar-refractivity contribution in [2.75, 3.05) is 12.4 Å². The van der Waals surface area contributed by atoms with E-state index < -0.39 is 5.97 Å². The first-order valence-electron chi connectivity index (χ1n) is 4.46. The van der Waals surface area contributed by atoms with Crippen molar-refractivity contribution in [2.45, 2.75) is 18.9 Å². The van der Waals surface area contributed by atoms with Crippen molar-refractivity contribution >= 4 is 11.8 Å². The lowest BCUT2D eigenvalue weighted by Crippen LogP contribution is -2.09. The Morgan fingerprint density at radius 2 is 2.36 bits per heavy atom. The van der Waals surface area contributed by atoms with Crippen molar-refractivity contribution in [1.29, 1.82) is 0 Å². The molecule has 0 amide bonds. The van der Waals surface area contributed by atoms with Gasteiger partial charge in [-0.15, -0.1) is 0 Å². The highest BCUT2D eigenvalue weighted by molar-refractivity contribution is 5.87. The predicted molar refractivity (Wildman–Crippen MR) is 50.0 cm³/mol. The van der Waals surface area contributed by atoms with Crippen LogP contribution in [0, 0.1) is 0 Å². The van der Waals surface area contributed by atoms with Crippen LogP contribution in [0.1, 0.15) is 23.3 Å². The van der Waals surface area contributed by atoms with Crippen LogP contribution in [-0.2, 0) is 4.74 Å². The number of carbonyl (C=O) groups excluding carboxylic acids is 1. The zero-order chi connectivity index (χ0) is 9.97. The van der Waals surface area contributed by atoms with E-state index in [0.29, 0.717) is 11.9 Å². The Hall–Kier alpha value is -1.65. The van der Waals surface area contributed by atoms with Crippen molar-refractivity contribution < 1.29 is 9.53 Å². The molecule has 1 aromatic heterocycles. The molecule has 1 aliphatic carbocycles. The molecule has 0 aliphatic heterocycles. The number of aromatic nitrogens is 2. The topological polar surface area (TPSA) is 64.1 Å². The van der Waals surface area contributed by atoms with E-state index >= 15 is 0 Å². The van der Waals surface area contributed by atoms with Gasteiger partial charge in [-0.3, -0.25) is 4.98 Å². The monoisotopic (exact) mass is 193 g/mol. The average Bonchev–Trinajstić information content (AvgIpc) is 3.01. The zero-order valence-corrected chi connectivity index (χ0v) is 7.86. The Balaban J connectivity index is 2.12. The smallest absolute Gasteiger partial charge is 0.358 e. The number of carbonyl (C=O) groups is 1. The summed E-state index contributed by atoms with van der Waals surface area (Å²) in [6.45, 7) is 0. The lowest BCUT2D eigenvalue weighted by atomic mass is 10.4. The maximum Gasteiger partial charge on any atom is 0.358 e. The number of methoxy groups -OCH3 is 1. The summed E-state index contributed by atoms with van der Waals surface area (Å²) in [5, 5.41) is 3.15. The third-order valence-electron chi connectivity index (χ3n) is 1.96. The lowest BCUT2D eigenvalue weighted by molar-refractivity contribution is 0.0593. The van der Waals surface area contributed by atoms with Gasteiger partial charge in [0, 0.05) is 6.04 Å². The van der Waals surface area contributed by atoms with Gasteiger partial charge in [0.2, 0.25) is 0 Å². The summed E-state index contributed by atoms with van der Waals surface area (Å²) in [6.07, 6.45) is 5.31. The number of anilines is 1. The maximum atomic E-state index is 11.1. The molecule has 14 heavy (non-hydrogen) atoms. The minimum absolute atomic E-state index is 0.234. The van der Waals surface area contributed by atoms with Crippen molar-refractivity contribution in [3.05, 3.63) is 18.1 Å². The minimum atomic E-state index is -0.461. The highest BCUT2D eigenvalue weighted by atomic mass is 16.5. The number of hydrogen-bond acceptors (Lipinski definition) is 5. The number of esters is 1. The minimum Gasteiger partial charge on any atom is -0.464 e. The number of nitrogens with one attached hydrogen (secondary N) is 1. The van der Waals surface area contributed by atoms with E-state index in [1.165, 1.54) is 13.3 Å². The van der Waals surface area contributed by atoms with Crippen LogP contribution in [-0.4, -0.2) is 29.1 Å². The summed E-state index contributed by atoms with van der Waals surface area (Å²) >= 11 is 0. The molecule has 0 bridgehead atoms. The van der Waals surface area contributed by atoms with E-state index in [4.69, 9.17) is 0 Å². The summed E-state index contributed by atoms with van der Waals surface area (Å²) < 4.78 is 4.54. The normalized spacial score (nSPS) is 14.9. The maximum absolute atomic E-state index is 11.1. The highest BCUT2D eigenvalue weighted by Crippen LogP contribution is 2.23. The Labute approximate surface area is 81.5 Å². The van der Waals surface area contributed by atoms with Crippen LogP contribution >= 0.6 is 0 Å². The van der Waals surface area contributed by atoms with Crippen molar-refractivity contribution in [2.24, 2.45) is 0 Å². The first kappa shape index (κ1) is 8.93. The Bertz CT molecular complexity index is 350. The van der Waals surface area contributed by atoms with E-state index in [0.717, 1.165) is 12.8 Å². The van der Waals surface area contributed by atoms with Gasteiger partial charge < -0.3 is 10.1 Å². The number of rotatable bonds is 3. The number of nitrogens with zero attached hydrogens (tertiary/aromatic N) is 2. The molecule has 1 aliphatic rings. The zero-order valence-electron chi connectivity index (χ0n) is 7.86. The molecule has 5 heteroatoms. The lowest BCUT2D eigenvalue weighted by Gasteiger charge is -2.03. The fourth-order valence-corrected chi connectivity index (χ4v) is 1.08. The third kappa shape index (κ3) is 1.99. The van der Waals surface area contributed by atoms with Crippen molar-refractivity contribution in [3.8, 4) is 0 Å². The summed E-state index contributed by atoms with van der Waals surface area (Å²) in [4.78, 5) is 19.1.